The monoisotopic (exact) mass is 220 g/mol. The van der Waals surface area contributed by atoms with Gasteiger partial charge < -0.3 is 14.2 Å². The highest BCUT2D eigenvalue weighted by molar-refractivity contribution is 5.89. The van der Waals surface area contributed by atoms with Gasteiger partial charge in [0.2, 0.25) is 0 Å². The van der Waals surface area contributed by atoms with Crippen LogP contribution in [0, 0.1) is 11.8 Å². The SMILES string of the molecule is COC(=O)C#Cc1ccc(OC)c(OC)c1. The number of carbonyl (C=O) groups excluding carboxylic acids is 1. The normalized spacial score (nSPS) is 8.69. The molecule has 0 amide bonds. The van der Waals surface area contributed by atoms with Crippen LogP contribution in [0.15, 0.2) is 18.2 Å². The van der Waals surface area contributed by atoms with Crippen molar-refractivity contribution in [3.8, 4) is 23.3 Å². The van der Waals surface area contributed by atoms with Gasteiger partial charge in [0, 0.05) is 11.5 Å². The molecular formula is C12H12O4. The predicted molar refractivity (Wildman–Crippen MR) is 58.4 cm³/mol. The lowest BCUT2D eigenvalue weighted by atomic mass is 10.2. The zero-order valence-corrected chi connectivity index (χ0v) is 9.37. The number of carbonyl (C=O) groups is 1. The fourth-order valence-electron chi connectivity index (χ4n) is 1.09. The van der Waals surface area contributed by atoms with Gasteiger partial charge in [-0.05, 0) is 18.2 Å². The van der Waals surface area contributed by atoms with E-state index in [4.69, 9.17) is 9.47 Å². The minimum absolute atomic E-state index is 0.569. The van der Waals surface area contributed by atoms with Crippen molar-refractivity contribution >= 4 is 5.97 Å². The van der Waals surface area contributed by atoms with Crippen molar-refractivity contribution in [1.29, 1.82) is 0 Å². The number of methoxy groups -OCH3 is 3. The van der Waals surface area contributed by atoms with E-state index in [9.17, 15) is 4.79 Å². The van der Waals surface area contributed by atoms with Crippen molar-refractivity contribution in [2.75, 3.05) is 21.3 Å². The molecule has 84 valence electrons. The van der Waals surface area contributed by atoms with E-state index < -0.39 is 5.97 Å². The van der Waals surface area contributed by atoms with Crippen molar-refractivity contribution in [1.82, 2.24) is 0 Å². The lowest BCUT2D eigenvalue weighted by Gasteiger charge is -2.06. The number of hydrogen-bond acceptors (Lipinski definition) is 4. The molecule has 1 aromatic carbocycles. The van der Waals surface area contributed by atoms with E-state index in [1.807, 2.05) is 0 Å². The van der Waals surface area contributed by atoms with E-state index in [1.54, 1.807) is 25.3 Å². The van der Waals surface area contributed by atoms with E-state index in [2.05, 4.69) is 16.6 Å². The van der Waals surface area contributed by atoms with Crippen molar-refractivity contribution in [3.63, 3.8) is 0 Å². The Bertz CT molecular complexity index is 440. The molecule has 0 N–H and O–H groups in total. The third kappa shape index (κ3) is 2.92. The standard InChI is InChI=1S/C12H12O4/c1-14-10-6-4-9(8-11(10)15-2)5-7-12(13)16-3/h4,6,8H,1-3H3. The molecule has 0 fully saturated rings. The van der Waals surface area contributed by atoms with Gasteiger partial charge in [-0.2, -0.15) is 0 Å². The summed E-state index contributed by atoms with van der Waals surface area (Å²) in [6.45, 7) is 0. The minimum atomic E-state index is -0.574. The summed E-state index contributed by atoms with van der Waals surface area (Å²) in [4.78, 5) is 10.8. The Balaban J connectivity index is 2.98. The van der Waals surface area contributed by atoms with Gasteiger partial charge in [0.05, 0.1) is 21.3 Å². The van der Waals surface area contributed by atoms with Gasteiger partial charge in [-0.3, -0.25) is 0 Å². The van der Waals surface area contributed by atoms with Crippen molar-refractivity contribution in [2.45, 2.75) is 0 Å². The molecule has 0 spiro atoms. The zero-order chi connectivity index (χ0) is 12.0. The second kappa shape index (κ2) is 5.66. The summed E-state index contributed by atoms with van der Waals surface area (Å²) in [6.07, 6.45) is 0. The molecule has 1 aromatic rings. The molecule has 0 saturated heterocycles. The second-order valence-electron chi connectivity index (χ2n) is 2.81. The average molecular weight is 220 g/mol. The Kier molecular flexibility index (Phi) is 4.22. The van der Waals surface area contributed by atoms with Crippen LogP contribution >= 0.6 is 0 Å². The maximum absolute atomic E-state index is 10.8. The summed E-state index contributed by atoms with van der Waals surface area (Å²) in [7, 11) is 4.37. The molecule has 0 aliphatic heterocycles. The molecule has 0 aliphatic rings. The van der Waals surface area contributed by atoms with E-state index in [-0.39, 0.29) is 0 Å². The summed E-state index contributed by atoms with van der Waals surface area (Å²) < 4.78 is 14.6. The molecule has 0 radical (unpaired) electrons. The van der Waals surface area contributed by atoms with Crippen LogP contribution in [0.25, 0.3) is 0 Å². The fourth-order valence-corrected chi connectivity index (χ4v) is 1.09. The van der Waals surface area contributed by atoms with Gasteiger partial charge in [0.15, 0.2) is 11.5 Å². The van der Waals surface area contributed by atoms with Gasteiger partial charge in [-0.15, -0.1) is 0 Å². The van der Waals surface area contributed by atoms with E-state index in [1.165, 1.54) is 14.2 Å². The van der Waals surface area contributed by atoms with Gasteiger partial charge in [-0.25, -0.2) is 4.79 Å². The highest BCUT2D eigenvalue weighted by Crippen LogP contribution is 2.26. The molecule has 4 nitrogen and oxygen atoms in total. The molecular weight excluding hydrogens is 208 g/mol. The molecule has 0 aliphatic carbocycles. The van der Waals surface area contributed by atoms with E-state index in [0.29, 0.717) is 17.1 Å². The summed E-state index contributed by atoms with van der Waals surface area (Å²) in [5, 5.41) is 0. The first-order chi connectivity index (χ1) is 7.71. The number of ether oxygens (including phenoxy) is 3. The van der Waals surface area contributed by atoms with Gasteiger partial charge in [-0.1, -0.05) is 5.92 Å². The van der Waals surface area contributed by atoms with Crippen LogP contribution in [-0.2, 0) is 9.53 Å². The smallest absolute Gasteiger partial charge is 0.384 e. The Labute approximate surface area is 94.1 Å². The van der Waals surface area contributed by atoms with Crippen LogP contribution in [0.2, 0.25) is 0 Å². The van der Waals surface area contributed by atoms with Crippen molar-refractivity contribution in [3.05, 3.63) is 23.8 Å². The third-order valence-electron chi connectivity index (χ3n) is 1.88. The maximum Gasteiger partial charge on any atom is 0.384 e. The summed E-state index contributed by atoms with van der Waals surface area (Å²) in [5.41, 5.74) is 0.656. The van der Waals surface area contributed by atoms with Gasteiger partial charge in [0.25, 0.3) is 0 Å². The van der Waals surface area contributed by atoms with Gasteiger partial charge >= 0.3 is 5.97 Å². The Morgan fingerprint density at radius 2 is 1.81 bits per heavy atom. The van der Waals surface area contributed by atoms with Crippen molar-refractivity contribution < 1.29 is 19.0 Å². The average Bonchev–Trinajstić information content (AvgIpc) is 2.35. The van der Waals surface area contributed by atoms with Crippen LogP contribution in [-0.4, -0.2) is 27.3 Å². The second-order valence-corrected chi connectivity index (χ2v) is 2.81. The molecule has 0 aromatic heterocycles. The molecule has 0 saturated carbocycles. The van der Waals surface area contributed by atoms with Crippen molar-refractivity contribution in [2.24, 2.45) is 0 Å². The van der Waals surface area contributed by atoms with Gasteiger partial charge in [0.1, 0.15) is 0 Å². The van der Waals surface area contributed by atoms with Crippen LogP contribution in [0.5, 0.6) is 11.5 Å². The summed E-state index contributed by atoms with van der Waals surface area (Å²) in [6, 6.07) is 5.15. The lowest BCUT2D eigenvalue weighted by molar-refractivity contribution is -0.133. The number of esters is 1. The summed E-state index contributed by atoms with van der Waals surface area (Å²) in [5.74, 6) is 5.60. The predicted octanol–water partition coefficient (Wildman–Crippen LogP) is 1.23. The van der Waals surface area contributed by atoms with E-state index in [0.717, 1.165) is 0 Å². The first-order valence-corrected chi connectivity index (χ1v) is 4.53. The molecule has 0 heterocycles. The van der Waals surface area contributed by atoms with Crippen LogP contribution < -0.4 is 9.47 Å². The highest BCUT2D eigenvalue weighted by Gasteiger charge is 2.02. The lowest BCUT2D eigenvalue weighted by Crippen LogP contribution is -1.95. The number of hydrogen-bond donors (Lipinski definition) is 0. The third-order valence-corrected chi connectivity index (χ3v) is 1.88. The number of rotatable bonds is 2. The Morgan fingerprint density at radius 3 is 2.38 bits per heavy atom. The molecule has 16 heavy (non-hydrogen) atoms. The molecule has 0 bridgehead atoms. The van der Waals surface area contributed by atoms with Crippen LogP contribution in [0.1, 0.15) is 5.56 Å². The number of benzene rings is 1. The highest BCUT2D eigenvalue weighted by atomic mass is 16.5. The first kappa shape index (κ1) is 11.9. The Morgan fingerprint density at radius 1 is 1.12 bits per heavy atom. The largest absolute Gasteiger partial charge is 0.493 e. The van der Waals surface area contributed by atoms with Crippen LogP contribution in [0.3, 0.4) is 0 Å². The molecule has 1 rings (SSSR count). The molecule has 0 atom stereocenters. The summed E-state index contributed by atoms with van der Waals surface area (Å²) >= 11 is 0. The zero-order valence-electron chi connectivity index (χ0n) is 9.37. The molecule has 4 heteroatoms. The minimum Gasteiger partial charge on any atom is -0.493 e. The topological polar surface area (TPSA) is 44.8 Å². The first-order valence-electron chi connectivity index (χ1n) is 4.53. The quantitative estimate of drug-likeness (QED) is 0.555. The Hall–Kier alpha value is -2.15. The van der Waals surface area contributed by atoms with Crippen LogP contribution in [0.4, 0.5) is 0 Å². The fraction of sp³-hybridized carbons (Fsp3) is 0.250. The molecule has 0 unspecified atom stereocenters. The maximum atomic E-state index is 10.8. The van der Waals surface area contributed by atoms with E-state index >= 15 is 0 Å².